The van der Waals surface area contributed by atoms with Gasteiger partial charge in [-0.25, -0.2) is 0 Å². The molecule has 0 aromatic carbocycles. The van der Waals surface area contributed by atoms with Crippen LogP contribution in [0.2, 0.25) is 0 Å². The van der Waals surface area contributed by atoms with Crippen LogP contribution in [0.25, 0.3) is 0 Å². The normalized spacial score (nSPS) is 41.8. The van der Waals surface area contributed by atoms with Crippen molar-refractivity contribution in [2.24, 2.45) is 10.8 Å². The van der Waals surface area contributed by atoms with Crippen LogP contribution in [-0.4, -0.2) is 30.5 Å². The molecule has 0 radical (unpaired) electrons. The van der Waals surface area contributed by atoms with E-state index in [4.69, 9.17) is 69.6 Å². The number of carbonyl (C=O) groups is 2. The topological polar surface area (TPSA) is 58.2 Å². The Morgan fingerprint density at radius 2 is 0.962 bits per heavy atom. The number of alkyl halides is 6. The van der Waals surface area contributed by atoms with Gasteiger partial charge in [0.15, 0.2) is 0 Å². The molecule has 0 heterocycles. The van der Waals surface area contributed by atoms with E-state index in [0.29, 0.717) is 6.42 Å². The standard InChI is InChI=1S/C16H20Cl6N2O2/c1-11-3-12(2)6-13(4-11,23-9(25)15(17,18)19)8-14(5-11,7-12)24-10(26)16(20,21)22/h3-8H2,1-2H3,(H,23,25)(H,24,26). The summed E-state index contributed by atoms with van der Waals surface area (Å²) in [5.74, 6) is -1.31. The van der Waals surface area contributed by atoms with Crippen molar-refractivity contribution in [3.8, 4) is 0 Å². The van der Waals surface area contributed by atoms with Gasteiger partial charge in [0, 0.05) is 11.1 Å². The van der Waals surface area contributed by atoms with E-state index in [1.165, 1.54) is 0 Å². The largest absolute Gasteiger partial charge is 0.347 e. The maximum Gasteiger partial charge on any atom is 0.272 e. The predicted molar refractivity (Wildman–Crippen MR) is 106 cm³/mol. The van der Waals surface area contributed by atoms with Gasteiger partial charge in [0.05, 0.1) is 0 Å². The summed E-state index contributed by atoms with van der Waals surface area (Å²) in [5, 5.41) is 5.93. The second kappa shape index (κ2) is 6.09. The van der Waals surface area contributed by atoms with Gasteiger partial charge in [-0.3, -0.25) is 9.59 Å². The average molecular weight is 485 g/mol. The molecule has 0 aromatic heterocycles. The number of amides is 2. The van der Waals surface area contributed by atoms with Gasteiger partial charge in [-0.1, -0.05) is 83.5 Å². The van der Waals surface area contributed by atoms with Crippen molar-refractivity contribution < 1.29 is 9.59 Å². The fraction of sp³-hybridized carbons (Fsp3) is 0.875. The third-order valence-electron chi connectivity index (χ3n) is 5.86. The lowest BCUT2D eigenvalue weighted by atomic mass is 9.40. The van der Waals surface area contributed by atoms with E-state index in [-0.39, 0.29) is 10.8 Å². The van der Waals surface area contributed by atoms with Gasteiger partial charge in [0.2, 0.25) is 0 Å². The zero-order chi connectivity index (χ0) is 19.8. The summed E-state index contributed by atoms with van der Waals surface area (Å²) < 4.78 is -4.09. The molecule has 2 amide bonds. The van der Waals surface area contributed by atoms with Crippen LogP contribution in [0.15, 0.2) is 0 Å². The van der Waals surface area contributed by atoms with Crippen LogP contribution in [0, 0.1) is 10.8 Å². The molecule has 148 valence electrons. The number of hydrogen-bond acceptors (Lipinski definition) is 2. The number of hydrogen-bond donors (Lipinski definition) is 2. The Balaban J connectivity index is 1.95. The summed E-state index contributed by atoms with van der Waals surface area (Å²) in [6, 6.07) is 0. The molecule has 4 bridgehead atoms. The van der Waals surface area contributed by atoms with Crippen molar-refractivity contribution in [1.29, 1.82) is 0 Å². The number of nitrogens with one attached hydrogen (secondary N) is 2. The molecular weight excluding hydrogens is 465 g/mol. The van der Waals surface area contributed by atoms with Gasteiger partial charge >= 0.3 is 0 Å². The van der Waals surface area contributed by atoms with Crippen LogP contribution in [0.1, 0.15) is 52.4 Å². The Labute approximate surface area is 182 Å². The average Bonchev–Trinajstić information content (AvgIpc) is 2.29. The first-order chi connectivity index (χ1) is 11.5. The van der Waals surface area contributed by atoms with Crippen molar-refractivity contribution in [3.63, 3.8) is 0 Å². The quantitative estimate of drug-likeness (QED) is 0.551. The molecule has 4 aliphatic carbocycles. The van der Waals surface area contributed by atoms with E-state index in [2.05, 4.69) is 24.5 Å². The second-order valence-corrected chi connectivity index (χ2v) is 13.7. The highest BCUT2D eigenvalue weighted by Crippen LogP contribution is 2.67. The monoisotopic (exact) mass is 482 g/mol. The SMILES string of the molecule is CC12CC3(C)CC(NC(=O)C(Cl)(Cl)Cl)(C1)CC(NC(=O)C(Cl)(Cl)Cl)(C2)C3. The van der Waals surface area contributed by atoms with Crippen LogP contribution in [0.3, 0.4) is 0 Å². The molecule has 10 heteroatoms. The zero-order valence-corrected chi connectivity index (χ0v) is 18.9. The molecule has 4 aliphatic rings. The first-order valence-corrected chi connectivity index (χ1v) is 10.6. The highest BCUT2D eigenvalue weighted by molar-refractivity contribution is 6.76. The number of carbonyl (C=O) groups excluding carboxylic acids is 2. The Morgan fingerprint density at radius 3 is 1.23 bits per heavy atom. The van der Waals surface area contributed by atoms with Crippen LogP contribution < -0.4 is 10.6 Å². The summed E-state index contributed by atoms with van der Waals surface area (Å²) in [6.07, 6.45) is 4.54. The van der Waals surface area contributed by atoms with Crippen LogP contribution in [0.4, 0.5) is 0 Å². The van der Waals surface area contributed by atoms with E-state index in [0.717, 1.165) is 32.1 Å². The molecule has 0 aliphatic heterocycles. The molecule has 4 nitrogen and oxygen atoms in total. The van der Waals surface area contributed by atoms with Gasteiger partial charge in [0.25, 0.3) is 19.4 Å². The molecule has 4 saturated carbocycles. The number of halogens is 6. The Hall–Kier alpha value is 0.680. The zero-order valence-electron chi connectivity index (χ0n) is 14.3. The minimum absolute atomic E-state index is 0.0781. The first-order valence-electron chi connectivity index (χ1n) is 8.28. The maximum atomic E-state index is 12.4. The molecule has 0 unspecified atom stereocenters. The maximum absolute atomic E-state index is 12.4. The predicted octanol–water partition coefficient (Wildman–Crippen LogP) is 4.83. The van der Waals surface area contributed by atoms with Gasteiger partial charge in [-0.15, -0.1) is 0 Å². The first kappa shape index (κ1) is 21.4. The van der Waals surface area contributed by atoms with Crippen molar-refractivity contribution in [2.75, 3.05) is 0 Å². The van der Waals surface area contributed by atoms with E-state index in [1.54, 1.807) is 0 Å². The third kappa shape index (κ3) is 4.02. The Morgan fingerprint density at radius 1 is 0.654 bits per heavy atom. The molecule has 4 rings (SSSR count). The molecule has 4 fully saturated rings. The van der Waals surface area contributed by atoms with Gasteiger partial charge in [-0.2, -0.15) is 0 Å². The van der Waals surface area contributed by atoms with Gasteiger partial charge < -0.3 is 10.6 Å². The van der Waals surface area contributed by atoms with E-state index < -0.39 is 30.5 Å². The minimum atomic E-state index is -2.04. The summed E-state index contributed by atoms with van der Waals surface area (Å²) >= 11 is 34.6. The molecule has 26 heavy (non-hydrogen) atoms. The van der Waals surface area contributed by atoms with Crippen molar-refractivity contribution in [2.45, 2.75) is 71.0 Å². The smallest absolute Gasteiger partial charge is 0.272 e. The summed E-state index contributed by atoms with van der Waals surface area (Å²) in [4.78, 5) is 24.8. The second-order valence-electron chi connectivity index (χ2n) is 9.15. The van der Waals surface area contributed by atoms with Gasteiger partial charge in [0.1, 0.15) is 0 Å². The van der Waals surface area contributed by atoms with Crippen molar-refractivity contribution in [3.05, 3.63) is 0 Å². The molecule has 0 aromatic rings. The highest BCUT2D eigenvalue weighted by atomic mass is 35.6. The van der Waals surface area contributed by atoms with Crippen LogP contribution in [-0.2, 0) is 9.59 Å². The van der Waals surface area contributed by atoms with E-state index in [9.17, 15) is 9.59 Å². The molecule has 0 saturated heterocycles. The fourth-order valence-electron chi connectivity index (χ4n) is 6.58. The van der Waals surface area contributed by atoms with Gasteiger partial charge in [-0.05, 0) is 49.4 Å². The molecule has 0 atom stereocenters. The number of rotatable bonds is 2. The van der Waals surface area contributed by atoms with Crippen molar-refractivity contribution >= 4 is 81.4 Å². The van der Waals surface area contributed by atoms with E-state index >= 15 is 0 Å². The molecule has 0 spiro atoms. The van der Waals surface area contributed by atoms with Crippen LogP contribution >= 0.6 is 69.6 Å². The lowest BCUT2D eigenvalue weighted by Gasteiger charge is -2.69. The Bertz CT molecular complexity index is 588. The molecule has 2 N–H and O–H groups in total. The summed E-state index contributed by atoms with van der Waals surface area (Å²) in [7, 11) is 0. The lowest BCUT2D eigenvalue weighted by Crippen LogP contribution is -2.75. The van der Waals surface area contributed by atoms with Crippen LogP contribution in [0.5, 0.6) is 0 Å². The summed E-state index contributed by atoms with van der Waals surface area (Å²) in [5.41, 5.74) is -1.29. The Kier molecular flexibility index (Phi) is 5.01. The highest BCUT2D eigenvalue weighted by Gasteiger charge is 2.67. The lowest BCUT2D eigenvalue weighted by molar-refractivity contribution is -0.155. The minimum Gasteiger partial charge on any atom is -0.347 e. The van der Waals surface area contributed by atoms with Crippen molar-refractivity contribution in [1.82, 2.24) is 10.6 Å². The molecular formula is C16H20Cl6N2O2. The fourth-order valence-corrected chi connectivity index (χ4v) is 6.87. The van der Waals surface area contributed by atoms with E-state index in [1.807, 2.05) is 0 Å². The third-order valence-corrected chi connectivity index (χ3v) is 6.89. The summed E-state index contributed by atoms with van der Waals surface area (Å²) in [6.45, 7) is 4.32.